The Hall–Kier alpha value is -3.23. The van der Waals surface area contributed by atoms with Gasteiger partial charge in [-0.2, -0.15) is 0 Å². The Morgan fingerprint density at radius 1 is 0.967 bits per heavy atom. The van der Waals surface area contributed by atoms with Gasteiger partial charge >= 0.3 is 0 Å². The molecule has 1 fully saturated rings. The van der Waals surface area contributed by atoms with Crippen LogP contribution in [0.3, 0.4) is 0 Å². The molecule has 1 saturated heterocycles. The van der Waals surface area contributed by atoms with Crippen LogP contribution < -0.4 is 14.8 Å². The van der Waals surface area contributed by atoms with Crippen molar-refractivity contribution < 1.29 is 32.2 Å². The molecule has 1 aliphatic rings. The minimum absolute atomic E-state index is 0.190. The van der Waals surface area contributed by atoms with Gasteiger partial charge in [0.1, 0.15) is 0 Å². The van der Waals surface area contributed by atoms with Gasteiger partial charge in [0.2, 0.25) is 0 Å². The number of amides is 2. The molecule has 1 heterocycles. The van der Waals surface area contributed by atoms with Crippen LogP contribution in [0, 0.1) is 17.5 Å². The fraction of sp³-hybridized carbons (Fsp3) is 0.333. The lowest BCUT2D eigenvalue weighted by molar-refractivity contribution is 0.0692. The lowest BCUT2D eigenvalue weighted by atomic mass is 10.0. The predicted molar refractivity (Wildman–Crippen MR) is 102 cm³/mol. The van der Waals surface area contributed by atoms with E-state index < -0.39 is 28.9 Å². The van der Waals surface area contributed by atoms with Gasteiger partial charge in [-0.15, -0.1) is 0 Å². The maximum Gasteiger partial charge on any atom is 0.256 e. The zero-order chi connectivity index (χ0) is 21.8. The lowest BCUT2D eigenvalue weighted by Crippen LogP contribution is -2.46. The third-order valence-electron chi connectivity index (χ3n) is 5.03. The molecule has 0 unspecified atom stereocenters. The Morgan fingerprint density at radius 3 is 2.27 bits per heavy atom. The molecule has 2 amide bonds. The van der Waals surface area contributed by atoms with Crippen LogP contribution in [0.1, 0.15) is 33.6 Å². The van der Waals surface area contributed by atoms with Crippen LogP contribution in [0.2, 0.25) is 0 Å². The molecule has 2 aromatic rings. The van der Waals surface area contributed by atoms with Crippen molar-refractivity contribution in [2.75, 3.05) is 27.3 Å². The maximum absolute atomic E-state index is 13.9. The smallest absolute Gasteiger partial charge is 0.256 e. The van der Waals surface area contributed by atoms with Gasteiger partial charge in [-0.1, -0.05) is 0 Å². The monoisotopic (exact) mass is 422 g/mol. The summed E-state index contributed by atoms with van der Waals surface area (Å²) in [6, 6.07) is 6.28. The fourth-order valence-electron chi connectivity index (χ4n) is 3.33. The van der Waals surface area contributed by atoms with Crippen molar-refractivity contribution in [1.29, 1.82) is 0 Å². The number of halogens is 3. The van der Waals surface area contributed by atoms with E-state index in [1.54, 1.807) is 18.2 Å². The average Bonchev–Trinajstić information content (AvgIpc) is 2.77. The first kappa shape index (κ1) is 21.5. The van der Waals surface area contributed by atoms with E-state index in [0.29, 0.717) is 29.9 Å². The summed E-state index contributed by atoms with van der Waals surface area (Å²) in [6.07, 6.45) is 0.881. The normalized spacial score (nSPS) is 14.4. The number of likely N-dealkylation sites (tertiary alicyclic amines) is 1. The highest BCUT2D eigenvalue weighted by Crippen LogP contribution is 2.27. The Balaban J connectivity index is 1.60. The van der Waals surface area contributed by atoms with Crippen molar-refractivity contribution in [3.8, 4) is 11.5 Å². The highest BCUT2D eigenvalue weighted by Gasteiger charge is 2.28. The van der Waals surface area contributed by atoms with E-state index >= 15 is 0 Å². The van der Waals surface area contributed by atoms with Crippen LogP contribution in [-0.4, -0.2) is 50.1 Å². The third kappa shape index (κ3) is 4.34. The second-order valence-corrected chi connectivity index (χ2v) is 6.83. The van der Waals surface area contributed by atoms with Gasteiger partial charge in [0.25, 0.3) is 11.8 Å². The Bertz CT molecular complexity index is 960. The summed E-state index contributed by atoms with van der Waals surface area (Å²) in [5, 5.41) is 2.89. The number of carbonyl (C=O) groups is 2. The second kappa shape index (κ2) is 9.06. The zero-order valence-electron chi connectivity index (χ0n) is 16.5. The van der Waals surface area contributed by atoms with Crippen molar-refractivity contribution in [2.45, 2.75) is 18.9 Å². The third-order valence-corrected chi connectivity index (χ3v) is 5.03. The van der Waals surface area contributed by atoms with Gasteiger partial charge in [-0.3, -0.25) is 9.59 Å². The Kier molecular flexibility index (Phi) is 6.49. The van der Waals surface area contributed by atoms with Crippen molar-refractivity contribution >= 4 is 11.8 Å². The predicted octanol–water partition coefficient (Wildman–Crippen LogP) is 3.16. The van der Waals surface area contributed by atoms with Crippen LogP contribution in [0.4, 0.5) is 13.2 Å². The minimum atomic E-state index is -1.67. The van der Waals surface area contributed by atoms with Crippen LogP contribution in [0.15, 0.2) is 30.3 Å². The summed E-state index contributed by atoms with van der Waals surface area (Å²) in [5.74, 6) is -4.59. The average molecular weight is 422 g/mol. The zero-order valence-corrected chi connectivity index (χ0v) is 16.5. The first-order valence-electron chi connectivity index (χ1n) is 9.31. The number of ether oxygens (including phenoxy) is 2. The summed E-state index contributed by atoms with van der Waals surface area (Å²) < 4.78 is 50.7. The van der Waals surface area contributed by atoms with Crippen molar-refractivity contribution in [3.63, 3.8) is 0 Å². The highest BCUT2D eigenvalue weighted by molar-refractivity contribution is 5.95. The first-order valence-corrected chi connectivity index (χ1v) is 9.31. The number of nitrogens with zero attached hydrogens (tertiary/aromatic N) is 1. The number of hydrogen-bond donors (Lipinski definition) is 1. The largest absolute Gasteiger partial charge is 0.493 e. The van der Waals surface area contributed by atoms with Crippen LogP contribution in [0.5, 0.6) is 11.5 Å². The number of hydrogen-bond acceptors (Lipinski definition) is 4. The molecule has 9 heteroatoms. The van der Waals surface area contributed by atoms with Gasteiger partial charge in [-0.05, 0) is 43.2 Å². The molecule has 1 N–H and O–H groups in total. The molecular formula is C21H21F3N2O4. The molecule has 1 aliphatic heterocycles. The molecule has 0 aliphatic carbocycles. The summed E-state index contributed by atoms with van der Waals surface area (Å²) in [7, 11) is 2.97. The summed E-state index contributed by atoms with van der Waals surface area (Å²) >= 11 is 0. The quantitative estimate of drug-likeness (QED) is 0.752. The number of rotatable bonds is 5. The van der Waals surface area contributed by atoms with Crippen LogP contribution >= 0.6 is 0 Å². The van der Waals surface area contributed by atoms with E-state index in [1.165, 1.54) is 19.1 Å². The SMILES string of the molecule is COc1ccc(C(=O)NC2CCN(C(=O)c3ccc(F)c(F)c3F)CC2)cc1OC. The standard InChI is InChI=1S/C21H21F3N2O4/c1-29-16-6-3-12(11-17(16)30-2)20(27)25-13-7-9-26(10-8-13)21(28)14-4-5-15(22)19(24)18(14)23/h3-6,11,13H,7-10H2,1-2H3,(H,25,27). The molecule has 0 atom stereocenters. The van der Waals surface area contributed by atoms with Crippen molar-refractivity contribution in [3.05, 3.63) is 58.9 Å². The Morgan fingerprint density at radius 2 is 1.63 bits per heavy atom. The second-order valence-electron chi connectivity index (χ2n) is 6.83. The number of carbonyl (C=O) groups excluding carboxylic acids is 2. The number of piperidine rings is 1. The first-order chi connectivity index (χ1) is 14.3. The highest BCUT2D eigenvalue weighted by atomic mass is 19.2. The summed E-state index contributed by atoms with van der Waals surface area (Å²) in [5.41, 5.74) is -0.114. The molecule has 160 valence electrons. The van der Waals surface area contributed by atoms with E-state index in [2.05, 4.69) is 5.32 Å². The lowest BCUT2D eigenvalue weighted by Gasteiger charge is -2.32. The van der Waals surface area contributed by atoms with Gasteiger partial charge in [0.05, 0.1) is 19.8 Å². The van der Waals surface area contributed by atoms with Crippen molar-refractivity contribution in [1.82, 2.24) is 10.2 Å². The molecule has 3 rings (SSSR count). The van der Waals surface area contributed by atoms with E-state index in [0.717, 1.165) is 12.1 Å². The fourth-order valence-corrected chi connectivity index (χ4v) is 3.33. The molecule has 0 aromatic heterocycles. The van der Waals surface area contributed by atoms with Crippen LogP contribution in [-0.2, 0) is 0 Å². The van der Waals surface area contributed by atoms with E-state index in [-0.39, 0.29) is 25.0 Å². The van der Waals surface area contributed by atoms with E-state index in [4.69, 9.17) is 9.47 Å². The van der Waals surface area contributed by atoms with E-state index in [9.17, 15) is 22.8 Å². The molecule has 0 saturated carbocycles. The number of methoxy groups -OCH3 is 2. The number of benzene rings is 2. The Labute approximate surface area is 171 Å². The van der Waals surface area contributed by atoms with Gasteiger partial charge in [-0.25, -0.2) is 13.2 Å². The summed E-state index contributed by atoms with van der Waals surface area (Å²) in [4.78, 5) is 26.3. The molecule has 0 radical (unpaired) electrons. The topological polar surface area (TPSA) is 67.9 Å². The molecule has 6 nitrogen and oxygen atoms in total. The van der Waals surface area contributed by atoms with Gasteiger partial charge in [0.15, 0.2) is 29.0 Å². The van der Waals surface area contributed by atoms with Crippen LogP contribution in [0.25, 0.3) is 0 Å². The van der Waals surface area contributed by atoms with Gasteiger partial charge in [0, 0.05) is 24.7 Å². The van der Waals surface area contributed by atoms with Gasteiger partial charge < -0.3 is 19.7 Å². The number of nitrogens with one attached hydrogen (secondary N) is 1. The van der Waals surface area contributed by atoms with E-state index in [1.807, 2.05) is 0 Å². The molecule has 30 heavy (non-hydrogen) atoms. The molecular weight excluding hydrogens is 401 g/mol. The minimum Gasteiger partial charge on any atom is -0.493 e. The molecule has 0 spiro atoms. The summed E-state index contributed by atoms with van der Waals surface area (Å²) in [6.45, 7) is 0.488. The molecule has 2 aromatic carbocycles. The maximum atomic E-state index is 13.9. The van der Waals surface area contributed by atoms with Crippen molar-refractivity contribution in [2.24, 2.45) is 0 Å². The molecule has 0 bridgehead atoms.